The highest BCUT2D eigenvalue weighted by Gasteiger charge is 2.70. The second-order valence-corrected chi connectivity index (χ2v) is 10.8. The van der Waals surface area contributed by atoms with E-state index < -0.39 is 53.0 Å². The Bertz CT molecular complexity index is 993. The number of fused-ring (bicyclic) bond motifs is 2. The highest BCUT2D eigenvalue weighted by Crippen LogP contribution is 2.60. The molecule has 200 valence electrons. The van der Waals surface area contributed by atoms with Crippen LogP contribution in [0.1, 0.15) is 69.1 Å². The molecule has 1 aromatic carbocycles. The van der Waals surface area contributed by atoms with Crippen molar-refractivity contribution in [2.75, 3.05) is 0 Å². The van der Waals surface area contributed by atoms with Crippen molar-refractivity contribution in [1.82, 2.24) is 0 Å². The topological polar surface area (TPSA) is 54.0 Å². The van der Waals surface area contributed by atoms with Crippen LogP contribution in [0.5, 0.6) is 0 Å². The van der Waals surface area contributed by atoms with Crippen LogP contribution in [0.15, 0.2) is 18.2 Å². The van der Waals surface area contributed by atoms with Crippen molar-refractivity contribution < 1.29 is 50.4 Å². The van der Waals surface area contributed by atoms with Gasteiger partial charge < -0.3 is 9.47 Å². The molecule has 0 N–H and O–H groups in total. The summed E-state index contributed by atoms with van der Waals surface area (Å²) in [6.07, 6.45) is -7.49. The van der Waals surface area contributed by atoms with Gasteiger partial charge in [-0.1, -0.05) is 6.92 Å². The zero-order chi connectivity index (χ0) is 26.1. The smallest absolute Gasteiger partial charge is 0.416 e. The Kier molecular flexibility index (Phi) is 6.15. The van der Waals surface area contributed by atoms with E-state index in [2.05, 4.69) is 6.92 Å². The number of carbonyl (C=O) groups excluding carboxylic acids is 1. The lowest BCUT2D eigenvalue weighted by Gasteiger charge is -2.58. The van der Waals surface area contributed by atoms with E-state index in [-0.39, 0.29) is 48.6 Å². The van der Waals surface area contributed by atoms with Crippen LogP contribution in [0.25, 0.3) is 0 Å². The van der Waals surface area contributed by atoms with E-state index >= 15 is 0 Å². The molecule has 0 aromatic heterocycles. The summed E-state index contributed by atoms with van der Waals surface area (Å²) in [5.41, 5.74) is -3.76. The molecule has 2 bridgehead atoms. The summed E-state index contributed by atoms with van der Waals surface area (Å²) < 4.78 is 91.0. The summed E-state index contributed by atoms with van der Waals surface area (Å²) in [6.45, 7) is 3.86. The Morgan fingerprint density at radius 1 is 0.944 bits per heavy atom. The molecule has 1 aliphatic carbocycles. The van der Waals surface area contributed by atoms with Crippen molar-refractivity contribution in [3.8, 4) is 0 Å². The van der Waals surface area contributed by atoms with E-state index in [9.17, 15) is 31.1 Å². The lowest BCUT2D eigenvalue weighted by molar-refractivity contribution is -0.559. The van der Waals surface area contributed by atoms with Crippen molar-refractivity contribution in [2.45, 2.75) is 88.8 Å². The molecule has 7 atom stereocenters. The molecule has 1 saturated carbocycles. The van der Waals surface area contributed by atoms with Gasteiger partial charge in [-0.05, 0) is 75.1 Å². The van der Waals surface area contributed by atoms with Gasteiger partial charge in [-0.15, -0.1) is 0 Å². The van der Waals surface area contributed by atoms with E-state index in [0.29, 0.717) is 12.8 Å². The Balaban J connectivity index is 1.37. The van der Waals surface area contributed by atoms with Crippen LogP contribution in [-0.2, 0) is 42.8 Å². The van der Waals surface area contributed by atoms with E-state index in [1.54, 1.807) is 6.92 Å². The largest absolute Gasteiger partial charge is 0.432 e. The molecule has 6 rings (SSSR count). The molecule has 5 aliphatic rings. The van der Waals surface area contributed by atoms with Crippen molar-refractivity contribution in [1.29, 1.82) is 0 Å². The molecule has 1 unspecified atom stereocenters. The number of aryl methyl sites for hydroxylation is 1. The Morgan fingerprint density at radius 2 is 1.61 bits per heavy atom. The zero-order valence-corrected chi connectivity index (χ0v) is 19.9. The minimum Gasteiger partial charge on any atom is -0.432 e. The predicted molar refractivity (Wildman–Crippen MR) is 112 cm³/mol. The van der Waals surface area contributed by atoms with Gasteiger partial charge >= 0.3 is 18.3 Å². The van der Waals surface area contributed by atoms with Crippen molar-refractivity contribution >= 4 is 5.97 Å². The third-order valence-electron chi connectivity index (χ3n) is 8.42. The van der Waals surface area contributed by atoms with Crippen LogP contribution < -0.4 is 0 Å². The fourth-order valence-corrected chi connectivity index (χ4v) is 6.63. The summed E-state index contributed by atoms with van der Waals surface area (Å²) in [6, 6.07) is 1.59. The standard InChI is InChI=1S/C25H28F6O5/c1-13-6-7-19-17(20(32)33-21-23(19)18(13)8-9-22(2,34-21)35-36-23)5-3-4-14-10-15(24(26,27)28)12-16(11-14)25(29,30)31/h10-13,17-19,21H,3-9H2,1-2H3/t13-,17-,18+,19+,21?,22+,23-/m1/s1. The molecular weight excluding hydrogens is 494 g/mol. The lowest BCUT2D eigenvalue weighted by Crippen LogP contribution is -2.70. The van der Waals surface area contributed by atoms with Crippen LogP contribution in [0, 0.1) is 23.7 Å². The second-order valence-electron chi connectivity index (χ2n) is 10.8. The summed E-state index contributed by atoms with van der Waals surface area (Å²) in [5.74, 6) is -2.12. The fraction of sp³-hybridized carbons (Fsp3) is 0.720. The van der Waals surface area contributed by atoms with Gasteiger partial charge in [-0.2, -0.15) is 26.3 Å². The molecule has 1 spiro atoms. The molecule has 11 heteroatoms. The van der Waals surface area contributed by atoms with E-state index in [1.807, 2.05) is 0 Å². The summed E-state index contributed by atoms with van der Waals surface area (Å²) in [7, 11) is 0. The van der Waals surface area contributed by atoms with Gasteiger partial charge in [-0.3, -0.25) is 4.79 Å². The highest BCUT2D eigenvalue weighted by molar-refractivity contribution is 5.74. The zero-order valence-electron chi connectivity index (χ0n) is 19.9. The Labute approximate surface area is 204 Å². The van der Waals surface area contributed by atoms with Crippen molar-refractivity contribution in [2.24, 2.45) is 23.7 Å². The molecule has 1 aromatic rings. The maximum Gasteiger partial charge on any atom is 0.416 e. The van der Waals surface area contributed by atoms with Gasteiger partial charge in [-0.25, -0.2) is 9.78 Å². The number of rotatable bonds is 4. The van der Waals surface area contributed by atoms with E-state index in [1.165, 1.54) is 0 Å². The molecule has 0 amide bonds. The maximum atomic E-state index is 13.2. The normalized spacial score (nSPS) is 38.3. The van der Waals surface area contributed by atoms with Gasteiger partial charge in [0, 0.05) is 18.3 Å². The van der Waals surface area contributed by atoms with Gasteiger partial charge in [0.1, 0.15) is 0 Å². The summed E-state index contributed by atoms with van der Waals surface area (Å²) >= 11 is 0. The highest BCUT2D eigenvalue weighted by atomic mass is 19.4. The Hall–Kier alpha value is -1.85. The maximum absolute atomic E-state index is 13.2. The summed E-state index contributed by atoms with van der Waals surface area (Å²) in [5, 5.41) is 0. The minimum absolute atomic E-state index is 0.0268. The third-order valence-corrected chi connectivity index (χ3v) is 8.42. The first-order valence-corrected chi connectivity index (χ1v) is 12.3. The SMILES string of the molecule is C[C@@H]1CC[C@H]2[C@@H](CCCc3cc(C(F)(F)F)cc(C(F)(F)F)c3)C(=O)OC3O[C@]4(C)CC[C@@H]1[C@]32OO4. The van der Waals surface area contributed by atoms with Crippen LogP contribution in [-0.4, -0.2) is 23.6 Å². The first kappa shape index (κ1) is 25.8. The number of hydrogen-bond acceptors (Lipinski definition) is 5. The number of alkyl halides is 6. The molecule has 4 heterocycles. The van der Waals surface area contributed by atoms with Crippen LogP contribution in [0.3, 0.4) is 0 Å². The monoisotopic (exact) mass is 522 g/mol. The number of carbonyl (C=O) groups is 1. The predicted octanol–water partition coefficient (Wildman–Crippen LogP) is 6.44. The first-order valence-electron chi connectivity index (χ1n) is 12.3. The van der Waals surface area contributed by atoms with Crippen LogP contribution >= 0.6 is 0 Å². The van der Waals surface area contributed by atoms with E-state index in [0.717, 1.165) is 25.0 Å². The lowest BCUT2D eigenvalue weighted by atomic mass is 9.57. The van der Waals surface area contributed by atoms with Gasteiger partial charge in [0.05, 0.1) is 17.0 Å². The average molecular weight is 522 g/mol. The number of halogens is 6. The van der Waals surface area contributed by atoms with Crippen LogP contribution in [0.2, 0.25) is 0 Å². The number of ether oxygens (including phenoxy) is 2. The number of hydrogen-bond donors (Lipinski definition) is 0. The summed E-state index contributed by atoms with van der Waals surface area (Å²) in [4.78, 5) is 24.7. The molecule has 0 radical (unpaired) electrons. The van der Waals surface area contributed by atoms with Crippen molar-refractivity contribution in [3.05, 3.63) is 34.9 Å². The molecule has 5 fully saturated rings. The van der Waals surface area contributed by atoms with Gasteiger partial charge in [0.15, 0.2) is 5.60 Å². The molecule has 4 saturated heterocycles. The quantitative estimate of drug-likeness (QED) is 0.259. The molecule has 36 heavy (non-hydrogen) atoms. The second kappa shape index (κ2) is 8.59. The van der Waals surface area contributed by atoms with Gasteiger partial charge in [0.25, 0.3) is 0 Å². The first-order chi connectivity index (χ1) is 16.7. The van der Waals surface area contributed by atoms with Crippen LogP contribution in [0.4, 0.5) is 26.3 Å². The van der Waals surface area contributed by atoms with E-state index in [4.69, 9.17) is 19.2 Å². The number of esters is 1. The minimum atomic E-state index is -4.91. The number of benzene rings is 1. The molecule has 5 nitrogen and oxygen atoms in total. The average Bonchev–Trinajstić information content (AvgIpc) is 3.01. The van der Waals surface area contributed by atoms with Gasteiger partial charge in [0.2, 0.25) is 12.1 Å². The van der Waals surface area contributed by atoms with Crippen molar-refractivity contribution in [3.63, 3.8) is 0 Å². The molecular formula is C25H28F6O5. The Morgan fingerprint density at radius 3 is 2.25 bits per heavy atom. The fourth-order valence-electron chi connectivity index (χ4n) is 6.63. The molecule has 4 aliphatic heterocycles. The third kappa shape index (κ3) is 4.30.